The van der Waals surface area contributed by atoms with Crippen molar-refractivity contribution in [2.75, 3.05) is 7.05 Å². The van der Waals surface area contributed by atoms with Crippen LogP contribution in [0, 0.1) is 6.92 Å². The molecule has 0 saturated heterocycles. The molecule has 1 atom stereocenters. The second-order valence-corrected chi connectivity index (χ2v) is 6.16. The van der Waals surface area contributed by atoms with E-state index in [-0.39, 0.29) is 6.04 Å². The molecule has 1 N–H and O–H groups in total. The van der Waals surface area contributed by atoms with Gasteiger partial charge in [0.2, 0.25) is 0 Å². The highest BCUT2D eigenvalue weighted by atomic mass is 35.5. The fourth-order valence-electron chi connectivity index (χ4n) is 2.12. The van der Waals surface area contributed by atoms with Crippen LogP contribution in [0.1, 0.15) is 34.2 Å². The molecule has 0 spiro atoms. The maximum absolute atomic E-state index is 6.40. The van der Waals surface area contributed by atoms with Crippen molar-refractivity contribution in [3.8, 4) is 0 Å². The van der Waals surface area contributed by atoms with E-state index in [2.05, 4.69) is 22.3 Å². The van der Waals surface area contributed by atoms with Gasteiger partial charge in [-0.05, 0) is 20.4 Å². The van der Waals surface area contributed by atoms with Gasteiger partial charge in [-0.1, -0.05) is 18.5 Å². The van der Waals surface area contributed by atoms with Crippen LogP contribution in [-0.2, 0) is 19.9 Å². The largest absolute Gasteiger partial charge is 0.312 e. The minimum atomic E-state index is 0.226. The first-order chi connectivity index (χ1) is 9.06. The minimum absolute atomic E-state index is 0.226. The Kier molecular flexibility index (Phi) is 4.60. The van der Waals surface area contributed by atoms with Gasteiger partial charge in [-0.25, -0.2) is 4.98 Å². The van der Waals surface area contributed by atoms with Crippen molar-refractivity contribution in [2.45, 2.75) is 32.7 Å². The zero-order valence-electron chi connectivity index (χ0n) is 11.7. The van der Waals surface area contributed by atoms with Crippen molar-refractivity contribution in [1.29, 1.82) is 0 Å². The first-order valence-corrected chi connectivity index (χ1v) is 7.56. The molecule has 4 nitrogen and oxygen atoms in total. The quantitative estimate of drug-likeness (QED) is 0.923. The third-order valence-electron chi connectivity index (χ3n) is 3.23. The summed E-state index contributed by atoms with van der Waals surface area (Å²) in [6.07, 6.45) is 3.61. The van der Waals surface area contributed by atoms with Crippen LogP contribution in [0.3, 0.4) is 0 Å². The van der Waals surface area contributed by atoms with E-state index in [0.29, 0.717) is 0 Å². The van der Waals surface area contributed by atoms with Crippen LogP contribution in [0.2, 0.25) is 5.02 Å². The highest BCUT2D eigenvalue weighted by molar-refractivity contribution is 7.11. The number of thiazole rings is 1. The molecule has 0 fully saturated rings. The summed E-state index contributed by atoms with van der Waals surface area (Å²) in [6.45, 7) is 4.09. The lowest BCUT2D eigenvalue weighted by atomic mass is 10.1. The van der Waals surface area contributed by atoms with Crippen LogP contribution in [-0.4, -0.2) is 21.8 Å². The molecule has 2 rings (SSSR count). The number of aromatic nitrogens is 3. The average Bonchev–Trinajstić information content (AvgIpc) is 2.92. The number of hydrogen-bond donors (Lipinski definition) is 1. The molecule has 0 amide bonds. The highest BCUT2D eigenvalue weighted by Gasteiger charge is 2.19. The fraction of sp³-hybridized carbons (Fsp3) is 0.538. The molecule has 2 aromatic heterocycles. The molecule has 0 aromatic carbocycles. The van der Waals surface area contributed by atoms with Gasteiger partial charge < -0.3 is 5.32 Å². The third-order valence-corrected chi connectivity index (χ3v) is 4.69. The van der Waals surface area contributed by atoms with E-state index < -0.39 is 0 Å². The second kappa shape index (κ2) is 6.03. The van der Waals surface area contributed by atoms with E-state index in [1.165, 1.54) is 4.88 Å². The van der Waals surface area contributed by atoms with Gasteiger partial charge in [0.05, 0.1) is 21.4 Å². The van der Waals surface area contributed by atoms with Crippen molar-refractivity contribution in [3.63, 3.8) is 0 Å². The van der Waals surface area contributed by atoms with Gasteiger partial charge in [-0.15, -0.1) is 11.3 Å². The molecule has 19 heavy (non-hydrogen) atoms. The molecule has 0 saturated carbocycles. The summed E-state index contributed by atoms with van der Waals surface area (Å²) in [7, 11) is 3.91. The van der Waals surface area contributed by atoms with Crippen LogP contribution in [0.5, 0.6) is 0 Å². The standard InChI is InChI=1S/C13H19ClN4S/c1-5-9-13(14)11(18(4)17-9)6-10(15-3)12-7-16-8(2)19-12/h7,10,15H,5-6H2,1-4H3. The predicted molar refractivity (Wildman–Crippen MR) is 80.0 cm³/mol. The molecule has 0 aliphatic heterocycles. The Morgan fingerprint density at radius 3 is 2.74 bits per heavy atom. The zero-order valence-corrected chi connectivity index (χ0v) is 13.3. The topological polar surface area (TPSA) is 42.7 Å². The molecule has 104 valence electrons. The number of halogens is 1. The van der Waals surface area contributed by atoms with Crippen molar-refractivity contribution >= 4 is 22.9 Å². The summed E-state index contributed by atoms with van der Waals surface area (Å²) in [5, 5.41) is 9.67. The Morgan fingerprint density at radius 1 is 1.53 bits per heavy atom. The molecule has 0 bridgehead atoms. The number of aryl methyl sites for hydroxylation is 3. The van der Waals surface area contributed by atoms with Gasteiger partial charge >= 0.3 is 0 Å². The number of nitrogens with one attached hydrogen (secondary N) is 1. The Morgan fingerprint density at radius 2 is 2.26 bits per heavy atom. The van der Waals surface area contributed by atoms with E-state index in [0.717, 1.165) is 34.3 Å². The molecule has 6 heteroatoms. The van der Waals surface area contributed by atoms with Gasteiger partial charge in [-0.2, -0.15) is 5.10 Å². The Bertz CT molecular complexity index is 561. The first kappa shape index (κ1) is 14.5. The lowest BCUT2D eigenvalue weighted by Crippen LogP contribution is -2.19. The number of likely N-dealkylation sites (N-methyl/N-ethyl adjacent to an activating group) is 1. The summed E-state index contributed by atoms with van der Waals surface area (Å²) in [5.41, 5.74) is 2.04. The molecule has 0 aliphatic rings. The maximum atomic E-state index is 6.40. The minimum Gasteiger partial charge on any atom is -0.312 e. The van der Waals surface area contributed by atoms with Crippen LogP contribution in [0.15, 0.2) is 6.20 Å². The molecule has 1 unspecified atom stereocenters. The van der Waals surface area contributed by atoms with Crippen molar-refractivity contribution < 1.29 is 0 Å². The monoisotopic (exact) mass is 298 g/mol. The Hall–Kier alpha value is -0.910. The summed E-state index contributed by atoms with van der Waals surface area (Å²) in [4.78, 5) is 5.55. The van der Waals surface area contributed by atoms with Crippen LogP contribution < -0.4 is 5.32 Å². The number of nitrogens with zero attached hydrogens (tertiary/aromatic N) is 3. The van der Waals surface area contributed by atoms with E-state index in [1.807, 2.05) is 31.9 Å². The smallest absolute Gasteiger partial charge is 0.0897 e. The Balaban J connectivity index is 2.26. The predicted octanol–water partition coefficient (Wildman–Crippen LogP) is 2.90. The van der Waals surface area contributed by atoms with Crippen molar-refractivity contribution in [2.24, 2.45) is 7.05 Å². The van der Waals surface area contributed by atoms with Crippen LogP contribution >= 0.6 is 22.9 Å². The van der Waals surface area contributed by atoms with Crippen molar-refractivity contribution in [1.82, 2.24) is 20.1 Å². The van der Waals surface area contributed by atoms with E-state index >= 15 is 0 Å². The maximum Gasteiger partial charge on any atom is 0.0897 e. The van der Waals surface area contributed by atoms with Gasteiger partial charge in [0, 0.05) is 30.6 Å². The number of rotatable bonds is 5. The second-order valence-electron chi connectivity index (χ2n) is 4.51. The van der Waals surface area contributed by atoms with Crippen LogP contribution in [0.25, 0.3) is 0 Å². The fourth-order valence-corrected chi connectivity index (χ4v) is 3.38. The SMILES string of the molecule is CCc1nn(C)c(CC(NC)c2cnc(C)s2)c1Cl. The summed E-state index contributed by atoms with van der Waals surface area (Å²) in [6, 6.07) is 0.226. The highest BCUT2D eigenvalue weighted by Crippen LogP contribution is 2.28. The zero-order chi connectivity index (χ0) is 14.0. The summed E-state index contributed by atoms with van der Waals surface area (Å²) in [5.74, 6) is 0. The third kappa shape index (κ3) is 2.99. The molecule has 2 aromatic rings. The van der Waals surface area contributed by atoms with Gasteiger partial charge in [0.15, 0.2) is 0 Å². The van der Waals surface area contributed by atoms with E-state index in [1.54, 1.807) is 11.3 Å². The lowest BCUT2D eigenvalue weighted by Gasteiger charge is -2.14. The normalized spacial score (nSPS) is 12.9. The number of hydrogen-bond acceptors (Lipinski definition) is 4. The van der Waals surface area contributed by atoms with E-state index in [9.17, 15) is 0 Å². The molecular formula is C13H19ClN4S. The van der Waals surface area contributed by atoms with Crippen molar-refractivity contribution in [3.05, 3.63) is 32.5 Å². The van der Waals surface area contributed by atoms with Crippen LogP contribution in [0.4, 0.5) is 0 Å². The molecule has 2 heterocycles. The lowest BCUT2D eigenvalue weighted by molar-refractivity contribution is 0.568. The molecular weight excluding hydrogens is 280 g/mol. The first-order valence-electron chi connectivity index (χ1n) is 6.36. The van der Waals surface area contributed by atoms with Gasteiger partial charge in [-0.3, -0.25) is 4.68 Å². The average molecular weight is 299 g/mol. The van der Waals surface area contributed by atoms with E-state index in [4.69, 9.17) is 11.6 Å². The summed E-state index contributed by atoms with van der Waals surface area (Å²) < 4.78 is 1.89. The van der Waals surface area contributed by atoms with Gasteiger partial charge in [0.25, 0.3) is 0 Å². The Labute approximate surface area is 122 Å². The summed E-state index contributed by atoms with van der Waals surface area (Å²) >= 11 is 8.12. The van der Waals surface area contributed by atoms with Gasteiger partial charge in [0.1, 0.15) is 0 Å². The molecule has 0 aliphatic carbocycles. The molecule has 0 radical (unpaired) electrons.